The normalized spacial score (nSPS) is 21.9. The van der Waals surface area contributed by atoms with Crippen molar-refractivity contribution >= 4 is 11.8 Å². The van der Waals surface area contributed by atoms with Gasteiger partial charge in [0, 0.05) is 32.9 Å². The fraction of sp³-hybridized carbons (Fsp3) is 0.611. The van der Waals surface area contributed by atoms with E-state index >= 15 is 0 Å². The SMILES string of the molecule is CC(=C1C(=O)N(C)C(C)(C)N(C)C1=O)/C(C#N)=C(\C)N1CCCC1. The molecule has 0 aromatic rings. The highest BCUT2D eigenvalue weighted by atomic mass is 16.2. The van der Waals surface area contributed by atoms with Crippen molar-refractivity contribution in [2.45, 2.75) is 46.2 Å². The highest BCUT2D eigenvalue weighted by Gasteiger charge is 2.45. The predicted octanol–water partition coefficient (Wildman–Crippen LogP) is 1.86. The van der Waals surface area contributed by atoms with E-state index in [0.717, 1.165) is 31.6 Å². The van der Waals surface area contributed by atoms with Crippen molar-refractivity contribution in [2.24, 2.45) is 0 Å². The summed E-state index contributed by atoms with van der Waals surface area (Å²) in [6.07, 6.45) is 2.20. The number of hydrogen-bond donors (Lipinski definition) is 0. The summed E-state index contributed by atoms with van der Waals surface area (Å²) in [6, 6.07) is 2.21. The van der Waals surface area contributed by atoms with Crippen LogP contribution in [0.25, 0.3) is 0 Å². The second-order valence-corrected chi connectivity index (χ2v) is 6.99. The molecule has 2 heterocycles. The van der Waals surface area contributed by atoms with Crippen molar-refractivity contribution in [3.63, 3.8) is 0 Å². The Balaban J connectivity index is 2.56. The maximum absolute atomic E-state index is 12.8. The third-order valence-corrected chi connectivity index (χ3v) is 5.48. The summed E-state index contributed by atoms with van der Waals surface area (Å²) >= 11 is 0. The molecule has 2 fully saturated rings. The lowest BCUT2D eigenvalue weighted by molar-refractivity contribution is -0.155. The standard InChI is InChI=1S/C18H26N4O2/c1-12(14(11-19)13(2)22-9-7-8-10-22)15-16(23)20(5)18(3,4)21(6)17(15)24/h7-10H2,1-6H3/b14-13+. The zero-order chi connectivity index (χ0) is 18.2. The molecule has 6 heteroatoms. The first-order valence-corrected chi connectivity index (χ1v) is 8.28. The second kappa shape index (κ2) is 6.31. The first kappa shape index (κ1) is 18.1. The van der Waals surface area contributed by atoms with E-state index in [4.69, 9.17) is 0 Å². The lowest BCUT2D eigenvalue weighted by atomic mass is 9.94. The van der Waals surface area contributed by atoms with Crippen LogP contribution in [0.3, 0.4) is 0 Å². The van der Waals surface area contributed by atoms with Gasteiger partial charge in [-0.05, 0) is 46.1 Å². The molecule has 0 saturated carbocycles. The van der Waals surface area contributed by atoms with Crippen molar-refractivity contribution < 1.29 is 9.59 Å². The van der Waals surface area contributed by atoms with Gasteiger partial charge in [0.1, 0.15) is 17.3 Å². The quantitative estimate of drug-likeness (QED) is 0.440. The maximum Gasteiger partial charge on any atom is 0.261 e. The predicted molar refractivity (Wildman–Crippen MR) is 91.4 cm³/mol. The second-order valence-electron chi connectivity index (χ2n) is 6.99. The van der Waals surface area contributed by atoms with Crippen LogP contribution in [0.15, 0.2) is 22.4 Å². The molecule has 6 nitrogen and oxygen atoms in total. The van der Waals surface area contributed by atoms with Crippen molar-refractivity contribution in [3.8, 4) is 6.07 Å². The Kier molecular flexibility index (Phi) is 4.75. The van der Waals surface area contributed by atoms with E-state index in [1.165, 1.54) is 0 Å². The number of nitriles is 1. The van der Waals surface area contributed by atoms with Crippen molar-refractivity contribution in [1.29, 1.82) is 5.26 Å². The largest absolute Gasteiger partial charge is 0.374 e. The minimum atomic E-state index is -0.696. The zero-order valence-corrected chi connectivity index (χ0v) is 15.4. The number of likely N-dealkylation sites (N-methyl/N-ethyl adjacent to an activating group) is 2. The van der Waals surface area contributed by atoms with E-state index in [0.29, 0.717) is 11.1 Å². The van der Waals surface area contributed by atoms with Gasteiger partial charge in [-0.1, -0.05) is 0 Å². The van der Waals surface area contributed by atoms with Crippen molar-refractivity contribution in [1.82, 2.24) is 14.7 Å². The van der Waals surface area contributed by atoms with Gasteiger partial charge in [0.25, 0.3) is 11.8 Å². The third-order valence-electron chi connectivity index (χ3n) is 5.48. The maximum atomic E-state index is 12.8. The van der Waals surface area contributed by atoms with E-state index in [9.17, 15) is 14.9 Å². The lowest BCUT2D eigenvalue weighted by Crippen LogP contribution is -2.63. The minimum absolute atomic E-state index is 0.0921. The summed E-state index contributed by atoms with van der Waals surface area (Å²) < 4.78 is 0. The number of hydrogen-bond acceptors (Lipinski definition) is 4. The van der Waals surface area contributed by atoms with E-state index in [1.54, 1.807) is 30.8 Å². The molecule has 0 atom stereocenters. The number of allylic oxidation sites excluding steroid dienone is 3. The molecule has 2 saturated heterocycles. The summed E-state index contributed by atoms with van der Waals surface area (Å²) in [5.41, 5.74) is 1.13. The molecule has 0 N–H and O–H groups in total. The molecule has 2 aliphatic rings. The van der Waals surface area contributed by atoms with Gasteiger partial charge in [-0.3, -0.25) is 9.59 Å². The van der Waals surface area contributed by atoms with Crippen LogP contribution in [0.4, 0.5) is 0 Å². The summed E-state index contributed by atoms with van der Waals surface area (Å²) in [5, 5.41) is 9.65. The Morgan fingerprint density at radius 1 is 1.04 bits per heavy atom. The van der Waals surface area contributed by atoms with Crippen LogP contribution < -0.4 is 0 Å². The van der Waals surface area contributed by atoms with Gasteiger partial charge in [-0.25, -0.2) is 0 Å². The number of carbonyl (C=O) groups excluding carboxylic acids is 2. The van der Waals surface area contributed by atoms with Gasteiger partial charge in [-0.15, -0.1) is 0 Å². The average Bonchev–Trinajstić information content (AvgIpc) is 3.07. The van der Waals surface area contributed by atoms with E-state index in [2.05, 4.69) is 11.0 Å². The Morgan fingerprint density at radius 3 is 1.92 bits per heavy atom. The van der Waals surface area contributed by atoms with Gasteiger partial charge in [-0.2, -0.15) is 5.26 Å². The Morgan fingerprint density at radius 2 is 1.50 bits per heavy atom. The Labute approximate surface area is 144 Å². The van der Waals surface area contributed by atoms with Gasteiger partial charge in [0.05, 0.1) is 5.57 Å². The van der Waals surface area contributed by atoms with Crippen LogP contribution in [0.1, 0.15) is 40.5 Å². The molecule has 0 unspecified atom stereocenters. The molecule has 2 aliphatic heterocycles. The number of nitrogens with zero attached hydrogens (tertiary/aromatic N) is 4. The number of carbonyl (C=O) groups is 2. The zero-order valence-electron chi connectivity index (χ0n) is 15.4. The summed E-state index contributed by atoms with van der Waals surface area (Å²) in [7, 11) is 3.36. The molecule has 130 valence electrons. The fourth-order valence-electron chi connectivity index (χ4n) is 3.24. The molecule has 0 spiro atoms. The monoisotopic (exact) mass is 330 g/mol. The van der Waals surface area contributed by atoms with Crippen LogP contribution in [0, 0.1) is 11.3 Å². The first-order chi connectivity index (χ1) is 11.1. The topological polar surface area (TPSA) is 67.6 Å². The number of likely N-dealkylation sites (tertiary alicyclic amines) is 1. The molecular formula is C18H26N4O2. The molecule has 2 rings (SSSR count). The van der Waals surface area contributed by atoms with Crippen LogP contribution in [0.5, 0.6) is 0 Å². The van der Waals surface area contributed by atoms with E-state index < -0.39 is 5.66 Å². The van der Waals surface area contributed by atoms with Crippen molar-refractivity contribution in [2.75, 3.05) is 27.2 Å². The molecule has 0 aromatic heterocycles. The molecular weight excluding hydrogens is 304 g/mol. The Bertz CT molecular complexity index is 650. The highest BCUT2D eigenvalue weighted by molar-refractivity contribution is 6.21. The highest BCUT2D eigenvalue weighted by Crippen LogP contribution is 2.31. The molecule has 0 aromatic carbocycles. The molecule has 2 amide bonds. The summed E-state index contributed by atoms with van der Waals surface area (Å²) in [5.74, 6) is -0.662. The van der Waals surface area contributed by atoms with E-state index in [-0.39, 0.29) is 17.4 Å². The number of rotatable bonds is 2. The minimum Gasteiger partial charge on any atom is -0.374 e. The van der Waals surface area contributed by atoms with Crippen molar-refractivity contribution in [3.05, 3.63) is 22.4 Å². The Hall–Kier alpha value is -2.29. The van der Waals surface area contributed by atoms with Crippen LogP contribution in [-0.4, -0.2) is 59.4 Å². The molecule has 0 radical (unpaired) electrons. The summed E-state index contributed by atoms with van der Waals surface area (Å²) in [6.45, 7) is 9.06. The van der Waals surface area contributed by atoms with Crippen LogP contribution in [-0.2, 0) is 9.59 Å². The van der Waals surface area contributed by atoms with Gasteiger partial charge in [0.2, 0.25) is 0 Å². The molecule has 0 bridgehead atoms. The third kappa shape index (κ3) is 2.68. The molecule has 24 heavy (non-hydrogen) atoms. The number of amides is 2. The van der Waals surface area contributed by atoms with Gasteiger partial charge in [0.15, 0.2) is 0 Å². The summed E-state index contributed by atoms with van der Waals surface area (Å²) in [4.78, 5) is 30.8. The first-order valence-electron chi connectivity index (χ1n) is 8.28. The van der Waals surface area contributed by atoms with Gasteiger partial charge < -0.3 is 14.7 Å². The average molecular weight is 330 g/mol. The van der Waals surface area contributed by atoms with E-state index in [1.807, 2.05) is 20.8 Å². The van der Waals surface area contributed by atoms with Crippen LogP contribution >= 0.6 is 0 Å². The molecule has 0 aliphatic carbocycles. The fourth-order valence-corrected chi connectivity index (χ4v) is 3.24. The lowest BCUT2D eigenvalue weighted by Gasteiger charge is -2.47. The van der Waals surface area contributed by atoms with Gasteiger partial charge >= 0.3 is 0 Å². The smallest absolute Gasteiger partial charge is 0.261 e. The van der Waals surface area contributed by atoms with Crippen LogP contribution in [0.2, 0.25) is 0 Å².